The number of rotatable bonds is 11. The van der Waals surface area contributed by atoms with Crippen LogP contribution in [0.15, 0.2) is 24.5 Å². The van der Waals surface area contributed by atoms with Crippen molar-refractivity contribution in [3.63, 3.8) is 0 Å². The van der Waals surface area contributed by atoms with Crippen LogP contribution in [-0.2, 0) is 6.54 Å². The molecule has 0 saturated carbocycles. The third-order valence-electron chi connectivity index (χ3n) is 5.13. The van der Waals surface area contributed by atoms with Crippen molar-refractivity contribution in [2.24, 2.45) is 0 Å². The van der Waals surface area contributed by atoms with Crippen LogP contribution >= 0.6 is 23.2 Å². The molecule has 0 aliphatic carbocycles. The Morgan fingerprint density at radius 2 is 1.97 bits per heavy atom. The Balaban J connectivity index is 1.66. The van der Waals surface area contributed by atoms with E-state index in [2.05, 4.69) is 56.2 Å². The Kier molecular flexibility index (Phi) is 8.13. The van der Waals surface area contributed by atoms with Crippen LogP contribution in [0.25, 0.3) is 11.2 Å². The summed E-state index contributed by atoms with van der Waals surface area (Å²) in [5.41, 5.74) is 2.35. The number of hydrogen-bond acceptors (Lipinski definition) is 6. The quantitative estimate of drug-likeness (QED) is 0.373. The average molecular weight is 450 g/mol. The summed E-state index contributed by atoms with van der Waals surface area (Å²) in [5, 5.41) is 7.97. The third kappa shape index (κ3) is 5.97. The molecule has 3 N–H and O–H groups in total. The zero-order valence-electron chi connectivity index (χ0n) is 17.7. The molecule has 0 radical (unpaired) electrons. The van der Waals surface area contributed by atoms with Crippen molar-refractivity contribution in [2.75, 3.05) is 30.3 Å². The highest BCUT2D eigenvalue weighted by Gasteiger charge is 2.13. The topological polar surface area (TPSA) is 81.8 Å². The Labute approximate surface area is 187 Å². The molecular formula is C21H29Cl2N7. The van der Waals surface area contributed by atoms with Crippen molar-refractivity contribution < 1.29 is 0 Å². The number of nitrogens with zero attached hydrogens (tertiary/aromatic N) is 4. The summed E-state index contributed by atoms with van der Waals surface area (Å²) < 4.78 is 0. The van der Waals surface area contributed by atoms with Gasteiger partial charge in [0.2, 0.25) is 5.95 Å². The number of imidazole rings is 1. The molecule has 3 rings (SSSR count). The number of fused-ring (bicyclic) bond motifs is 1. The van der Waals surface area contributed by atoms with Gasteiger partial charge in [-0.3, -0.25) is 0 Å². The lowest BCUT2D eigenvalue weighted by Gasteiger charge is -2.20. The molecule has 2 heterocycles. The summed E-state index contributed by atoms with van der Waals surface area (Å²) in [6.07, 6.45) is 3.82. The maximum absolute atomic E-state index is 6.27. The van der Waals surface area contributed by atoms with Crippen LogP contribution in [0.3, 0.4) is 0 Å². The molecule has 0 amide bonds. The molecule has 3 aromatic rings. The second kappa shape index (κ2) is 10.8. The lowest BCUT2D eigenvalue weighted by Crippen LogP contribution is -2.25. The lowest BCUT2D eigenvalue weighted by molar-refractivity contribution is 0.295. The minimum atomic E-state index is 0.278. The molecule has 30 heavy (non-hydrogen) atoms. The molecule has 2 aromatic heterocycles. The van der Waals surface area contributed by atoms with Gasteiger partial charge in [0.15, 0.2) is 11.5 Å². The first-order valence-electron chi connectivity index (χ1n) is 10.4. The van der Waals surface area contributed by atoms with Crippen LogP contribution in [0.5, 0.6) is 0 Å². The minimum absolute atomic E-state index is 0.278. The molecule has 1 unspecified atom stereocenters. The average Bonchev–Trinajstić information content (AvgIpc) is 3.19. The van der Waals surface area contributed by atoms with Gasteiger partial charge in [0, 0.05) is 22.6 Å². The number of nitrogens with one attached hydrogen (secondary N) is 3. The normalized spacial score (nSPS) is 12.5. The molecule has 7 nitrogen and oxygen atoms in total. The fourth-order valence-corrected chi connectivity index (χ4v) is 3.80. The third-order valence-corrected chi connectivity index (χ3v) is 5.71. The highest BCUT2D eigenvalue weighted by molar-refractivity contribution is 6.35. The summed E-state index contributed by atoms with van der Waals surface area (Å²) in [6, 6.07) is 5.71. The number of H-pyrrole nitrogens is 1. The van der Waals surface area contributed by atoms with E-state index < -0.39 is 0 Å². The minimum Gasteiger partial charge on any atom is -0.366 e. The lowest BCUT2D eigenvalue weighted by atomic mass is 10.1. The van der Waals surface area contributed by atoms with Crippen LogP contribution in [0.1, 0.15) is 39.2 Å². The van der Waals surface area contributed by atoms with E-state index in [9.17, 15) is 0 Å². The van der Waals surface area contributed by atoms with Gasteiger partial charge in [-0.15, -0.1) is 0 Å². The molecule has 0 bridgehead atoms. The molecule has 0 fully saturated rings. The molecule has 1 atom stereocenters. The highest BCUT2D eigenvalue weighted by Crippen LogP contribution is 2.23. The maximum Gasteiger partial charge on any atom is 0.227 e. The van der Waals surface area contributed by atoms with Gasteiger partial charge in [0.05, 0.1) is 6.33 Å². The van der Waals surface area contributed by atoms with Gasteiger partial charge in [0.25, 0.3) is 0 Å². The van der Waals surface area contributed by atoms with Gasteiger partial charge in [-0.2, -0.15) is 9.97 Å². The van der Waals surface area contributed by atoms with E-state index in [1.807, 2.05) is 12.1 Å². The van der Waals surface area contributed by atoms with Crippen LogP contribution in [0.4, 0.5) is 11.8 Å². The van der Waals surface area contributed by atoms with Crippen LogP contribution in [0, 0.1) is 0 Å². The van der Waals surface area contributed by atoms with Gasteiger partial charge < -0.3 is 20.5 Å². The molecule has 0 spiro atoms. The largest absolute Gasteiger partial charge is 0.366 e. The van der Waals surface area contributed by atoms with Gasteiger partial charge in [-0.25, -0.2) is 4.98 Å². The zero-order chi connectivity index (χ0) is 21.5. The van der Waals surface area contributed by atoms with Crippen LogP contribution in [0.2, 0.25) is 10.0 Å². The molecule has 162 valence electrons. The van der Waals surface area contributed by atoms with E-state index in [0.717, 1.165) is 49.4 Å². The molecule has 1 aromatic carbocycles. The summed E-state index contributed by atoms with van der Waals surface area (Å²) in [7, 11) is 0. The summed E-state index contributed by atoms with van der Waals surface area (Å²) in [5.74, 6) is 1.25. The maximum atomic E-state index is 6.27. The number of aromatic amines is 1. The molecule has 0 saturated heterocycles. The van der Waals surface area contributed by atoms with Crippen LogP contribution < -0.4 is 10.6 Å². The summed E-state index contributed by atoms with van der Waals surface area (Å²) in [4.78, 5) is 19.0. The fourth-order valence-electron chi connectivity index (χ4n) is 3.32. The molecule has 0 aliphatic rings. The van der Waals surface area contributed by atoms with E-state index >= 15 is 0 Å². The predicted molar refractivity (Wildman–Crippen MR) is 126 cm³/mol. The van der Waals surface area contributed by atoms with E-state index in [4.69, 9.17) is 23.2 Å². The van der Waals surface area contributed by atoms with Crippen molar-refractivity contribution >= 4 is 46.1 Å². The number of hydrogen-bond donors (Lipinski definition) is 3. The van der Waals surface area contributed by atoms with Crippen molar-refractivity contribution in [2.45, 2.75) is 46.2 Å². The Hall–Kier alpha value is -2.09. The number of aromatic nitrogens is 4. The number of benzene rings is 1. The van der Waals surface area contributed by atoms with Gasteiger partial charge in [0.1, 0.15) is 5.52 Å². The zero-order valence-corrected chi connectivity index (χ0v) is 19.2. The fraction of sp³-hybridized carbons (Fsp3) is 0.476. The van der Waals surface area contributed by atoms with E-state index in [-0.39, 0.29) is 6.04 Å². The Morgan fingerprint density at radius 1 is 1.17 bits per heavy atom. The Bertz CT molecular complexity index is 956. The monoisotopic (exact) mass is 449 g/mol. The van der Waals surface area contributed by atoms with E-state index in [0.29, 0.717) is 28.2 Å². The highest BCUT2D eigenvalue weighted by atomic mass is 35.5. The second-order valence-corrected chi connectivity index (χ2v) is 8.14. The Morgan fingerprint density at radius 3 is 2.70 bits per heavy atom. The van der Waals surface area contributed by atoms with Crippen molar-refractivity contribution in [3.8, 4) is 0 Å². The number of anilines is 2. The second-order valence-electron chi connectivity index (χ2n) is 7.30. The van der Waals surface area contributed by atoms with Gasteiger partial charge >= 0.3 is 0 Å². The van der Waals surface area contributed by atoms with Gasteiger partial charge in [-0.1, -0.05) is 43.1 Å². The standard InChI is InChI=1S/C21H29Cl2N7/c1-4-30(5-2)10-6-7-14(3)27-20-18-19(26-13-25-18)28-21(29-20)24-12-15-8-9-16(22)11-17(15)23/h8-9,11,13-14H,4-7,10,12H2,1-3H3,(H3,24,25,26,27,28,29). The summed E-state index contributed by atoms with van der Waals surface area (Å²) in [6.45, 7) is 10.4. The van der Waals surface area contributed by atoms with Gasteiger partial charge in [-0.05, 0) is 57.1 Å². The molecular weight excluding hydrogens is 421 g/mol. The first kappa shape index (κ1) is 22.6. The predicted octanol–water partition coefficient (Wildman–Crippen LogP) is 5.19. The van der Waals surface area contributed by atoms with Crippen molar-refractivity contribution in [1.29, 1.82) is 0 Å². The van der Waals surface area contributed by atoms with E-state index in [1.54, 1.807) is 12.4 Å². The van der Waals surface area contributed by atoms with Crippen molar-refractivity contribution in [1.82, 2.24) is 24.8 Å². The SMILES string of the molecule is CCN(CC)CCCC(C)Nc1nc(NCc2ccc(Cl)cc2Cl)nc2nc[nH]c12. The first-order valence-corrected chi connectivity index (χ1v) is 11.1. The summed E-state index contributed by atoms with van der Waals surface area (Å²) >= 11 is 12.2. The molecule has 0 aliphatic heterocycles. The first-order chi connectivity index (χ1) is 14.5. The number of halogens is 2. The van der Waals surface area contributed by atoms with E-state index in [1.165, 1.54) is 0 Å². The molecule has 9 heteroatoms. The van der Waals surface area contributed by atoms with Crippen molar-refractivity contribution in [3.05, 3.63) is 40.1 Å². The van der Waals surface area contributed by atoms with Crippen LogP contribution in [-0.4, -0.2) is 50.5 Å². The smallest absolute Gasteiger partial charge is 0.227 e.